The second-order valence-corrected chi connectivity index (χ2v) is 7.65. The highest BCUT2D eigenvalue weighted by Gasteiger charge is 2.13. The molecule has 5 rings (SSSR count). The van der Waals surface area contributed by atoms with Crippen molar-refractivity contribution in [2.45, 2.75) is 6.92 Å². The third-order valence-corrected chi connectivity index (χ3v) is 5.25. The first-order chi connectivity index (χ1) is 16.1. The number of nitrogens with zero attached hydrogens (tertiary/aromatic N) is 4. The molecule has 10 heteroatoms. The Labute approximate surface area is 190 Å². The summed E-state index contributed by atoms with van der Waals surface area (Å²) < 4.78 is 5.43. The number of morpholine rings is 1. The minimum atomic E-state index is -0.112. The van der Waals surface area contributed by atoms with Crippen molar-refractivity contribution < 1.29 is 9.53 Å². The maximum absolute atomic E-state index is 11.2. The van der Waals surface area contributed by atoms with E-state index in [0.29, 0.717) is 22.9 Å². The molecular formula is C23H24N8O2. The molecule has 0 atom stereocenters. The van der Waals surface area contributed by atoms with Gasteiger partial charge in [0.15, 0.2) is 11.5 Å². The van der Waals surface area contributed by atoms with E-state index >= 15 is 0 Å². The van der Waals surface area contributed by atoms with Gasteiger partial charge in [-0.1, -0.05) is 0 Å². The Morgan fingerprint density at radius 2 is 1.61 bits per heavy atom. The molecule has 4 N–H and O–H groups in total. The number of hydrogen-bond acceptors (Lipinski definition) is 8. The quantitative estimate of drug-likeness (QED) is 0.356. The Morgan fingerprint density at radius 1 is 0.939 bits per heavy atom. The zero-order chi connectivity index (χ0) is 22.6. The average molecular weight is 444 g/mol. The highest BCUT2D eigenvalue weighted by molar-refractivity contribution is 5.89. The number of carbonyl (C=O) groups excluding carboxylic acids is 1. The van der Waals surface area contributed by atoms with E-state index in [1.54, 1.807) is 6.33 Å². The molecule has 0 aliphatic carbocycles. The number of anilines is 6. The van der Waals surface area contributed by atoms with Crippen LogP contribution in [0.2, 0.25) is 0 Å². The molecule has 33 heavy (non-hydrogen) atoms. The van der Waals surface area contributed by atoms with Crippen LogP contribution in [0.5, 0.6) is 0 Å². The molecule has 0 spiro atoms. The molecule has 1 aliphatic heterocycles. The maximum Gasteiger partial charge on any atom is 0.231 e. The maximum atomic E-state index is 11.2. The highest BCUT2D eigenvalue weighted by Crippen LogP contribution is 2.26. The number of hydrogen-bond donors (Lipinski definition) is 4. The van der Waals surface area contributed by atoms with E-state index in [1.807, 2.05) is 36.4 Å². The van der Waals surface area contributed by atoms with Crippen LogP contribution in [0.25, 0.3) is 11.2 Å². The van der Waals surface area contributed by atoms with Gasteiger partial charge < -0.3 is 30.6 Å². The van der Waals surface area contributed by atoms with Gasteiger partial charge in [-0.25, -0.2) is 4.98 Å². The van der Waals surface area contributed by atoms with Crippen molar-refractivity contribution in [3.05, 3.63) is 54.9 Å². The van der Waals surface area contributed by atoms with Gasteiger partial charge >= 0.3 is 0 Å². The van der Waals surface area contributed by atoms with E-state index in [-0.39, 0.29) is 5.91 Å². The van der Waals surface area contributed by atoms with Crippen LogP contribution >= 0.6 is 0 Å². The molecule has 2 aromatic carbocycles. The summed E-state index contributed by atoms with van der Waals surface area (Å²) in [6.07, 6.45) is 1.59. The number of aromatic nitrogens is 4. The molecule has 1 saturated heterocycles. The second kappa shape index (κ2) is 9.13. The van der Waals surface area contributed by atoms with E-state index in [2.05, 4.69) is 52.9 Å². The molecule has 1 fully saturated rings. The summed E-state index contributed by atoms with van der Waals surface area (Å²) in [6, 6.07) is 15.6. The van der Waals surface area contributed by atoms with Crippen molar-refractivity contribution in [1.29, 1.82) is 0 Å². The van der Waals surface area contributed by atoms with E-state index in [1.165, 1.54) is 6.92 Å². The fourth-order valence-corrected chi connectivity index (χ4v) is 3.66. The van der Waals surface area contributed by atoms with Crippen LogP contribution in [-0.2, 0) is 9.53 Å². The van der Waals surface area contributed by atoms with Crippen molar-refractivity contribution in [3.63, 3.8) is 0 Å². The number of aromatic amines is 1. The Balaban J connectivity index is 1.35. The minimum Gasteiger partial charge on any atom is -0.378 e. The summed E-state index contributed by atoms with van der Waals surface area (Å²) in [6.45, 7) is 4.78. The monoisotopic (exact) mass is 444 g/mol. The molecule has 4 aromatic rings. The highest BCUT2D eigenvalue weighted by atomic mass is 16.5. The van der Waals surface area contributed by atoms with Crippen LogP contribution in [0.3, 0.4) is 0 Å². The van der Waals surface area contributed by atoms with E-state index in [0.717, 1.165) is 49.1 Å². The summed E-state index contributed by atoms with van der Waals surface area (Å²) in [5.74, 6) is 0.919. The number of rotatable bonds is 6. The van der Waals surface area contributed by atoms with Crippen LogP contribution in [0.15, 0.2) is 54.9 Å². The molecule has 10 nitrogen and oxygen atoms in total. The topological polar surface area (TPSA) is 120 Å². The third-order valence-electron chi connectivity index (χ3n) is 5.25. The van der Waals surface area contributed by atoms with Gasteiger partial charge in [0, 0.05) is 42.8 Å². The lowest BCUT2D eigenvalue weighted by Crippen LogP contribution is -2.36. The zero-order valence-electron chi connectivity index (χ0n) is 18.1. The number of amides is 1. The third kappa shape index (κ3) is 4.85. The van der Waals surface area contributed by atoms with E-state index in [9.17, 15) is 4.79 Å². The van der Waals surface area contributed by atoms with Crippen LogP contribution in [0.1, 0.15) is 6.92 Å². The predicted molar refractivity (Wildman–Crippen MR) is 128 cm³/mol. The smallest absolute Gasteiger partial charge is 0.231 e. The Hall–Kier alpha value is -4.18. The summed E-state index contributed by atoms with van der Waals surface area (Å²) in [4.78, 5) is 30.1. The SMILES string of the molecule is CC(=O)Nc1ccc(Nc2nc(Nc3ccc(N4CCOCC4)cc3)nc3nc[nH]c23)cc1. The van der Waals surface area contributed by atoms with E-state index < -0.39 is 0 Å². The van der Waals surface area contributed by atoms with Gasteiger partial charge in [0.25, 0.3) is 0 Å². The molecule has 2 aromatic heterocycles. The van der Waals surface area contributed by atoms with Crippen molar-refractivity contribution in [2.75, 3.05) is 47.2 Å². The van der Waals surface area contributed by atoms with Crippen molar-refractivity contribution in [2.24, 2.45) is 0 Å². The second-order valence-electron chi connectivity index (χ2n) is 7.65. The van der Waals surface area contributed by atoms with Crippen molar-refractivity contribution in [3.8, 4) is 0 Å². The number of imidazole rings is 1. The number of fused-ring (bicyclic) bond motifs is 1. The lowest BCUT2D eigenvalue weighted by molar-refractivity contribution is -0.114. The predicted octanol–water partition coefficient (Wildman–Crippen LogP) is 3.64. The fourth-order valence-electron chi connectivity index (χ4n) is 3.66. The zero-order valence-corrected chi connectivity index (χ0v) is 18.1. The van der Waals surface area contributed by atoms with Gasteiger partial charge in [-0.2, -0.15) is 9.97 Å². The standard InChI is InChI=1S/C23H24N8O2/c1-15(32)26-16-2-4-17(5-3-16)27-22-20-21(25-14-24-20)29-23(30-22)28-18-6-8-19(9-7-18)31-10-12-33-13-11-31/h2-9,14H,10-13H2,1H3,(H,26,32)(H3,24,25,27,28,29,30). The van der Waals surface area contributed by atoms with Gasteiger partial charge in [0.2, 0.25) is 11.9 Å². The number of carbonyl (C=O) groups is 1. The summed E-state index contributed by atoms with van der Waals surface area (Å²) in [5.41, 5.74) is 4.85. The lowest BCUT2D eigenvalue weighted by Gasteiger charge is -2.28. The summed E-state index contributed by atoms with van der Waals surface area (Å²) >= 11 is 0. The Kier molecular flexibility index (Phi) is 5.73. The normalized spacial score (nSPS) is 13.7. The van der Waals surface area contributed by atoms with Gasteiger partial charge in [0.05, 0.1) is 19.5 Å². The van der Waals surface area contributed by atoms with Crippen molar-refractivity contribution in [1.82, 2.24) is 19.9 Å². The first kappa shape index (κ1) is 20.7. The first-order valence-electron chi connectivity index (χ1n) is 10.7. The van der Waals surface area contributed by atoms with Gasteiger partial charge in [-0.3, -0.25) is 4.79 Å². The number of H-pyrrole nitrogens is 1. The van der Waals surface area contributed by atoms with E-state index in [4.69, 9.17) is 4.74 Å². The van der Waals surface area contributed by atoms with Crippen LogP contribution in [0.4, 0.5) is 34.5 Å². The van der Waals surface area contributed by atoms with Crippen molar-refractivity contribution >= 4 is 51.6 Å². The summed E-state index contributed by atoms with van der Waals surface area (Å²) in [7, 11) is 0. The van der Waals surface area contributed by atoms with Gasteiger partial charge in [0.1, 0.15) is 5.52 Å². The number of nitrogens with one attached hydrogen (secondary N) is 4. The minimum absolute atomic E-state index is 0.112. The molecule has 0 bridgehead atoms. The molecule has 1 amide bonds. The molecule has 1 aliphatic rings. The molecule has 3 heterocycles. The lowest BCUT2D eigenvalue weighted by atomic mass is 10.2. The fraction of sp³-hybridized carbons (Fsp3) is 0.217. The van der Waals surface area contributed by atoms with Gasteiger partial charge in [-0.05, 0) is 48.5 Å². The molecule has 0 radical (unpaired) electrons. The van der Waals surface area contributed by atoms with Crippen LogP contribution in [0, 0.1) is 0 Å². The molecule has 0 unspecified atom stereocenters. The van der Waals surface area contributed by atoms with Gasteiger partial charge in [-0.15, -0.1) is 0 Å². The summed E-state index contributed by atoms with van der Waals surface area (Å²) in [5, 5.41) is 9.32. The first-order valence-corrected chi connectivity index (χ1v) is 10.7. The molecular weight excluding hydrogens is 420 g/mol. The number of benzene rings is 2. The molecule has 0 saturated carbocycles. The molecule has 168 valence electrons. The van der Waals surface area contributed by atoms with Crippen LogP contribution in [-0.4, -0.2) is 52.1 Å². The number of ether oxygens (including phenoxy) is 1. The van der Waals surface area contributed by atoms with Crippen LogP contribution < -0.4 is 20.9 Å². The Morgan fingerprint density at radius 3 is 2.33 bits per heavy atom. The Bertz CT molecular complexity index is 1250. The largest absolute Gasteiger partial charge is 0.378 e. The average Bonchev–Trinajstić information content (AvgIpc) is 3.30.